The molecule has 1 heteroatoms. The molecule has 0 amide bonds. The Bertz CT molecular complexity index is 1400. The van der Waals surface area contributed by atoms with Gasteiger partial charge in [-0.05, 0) is 94.0 Å². The maximum absolute atomic E-state index is 2.44. The highest BCUT2D eigenvalue weighted by Gasteiger charge is 2.46. The first-order valence-corrected chi connectivity index (χ1v) is 11.7. The highest BCUT2D eigenvalue weighted by Crippen LogP contribution is 2.56. The first-order valence-electron chi connectivity index (χ1n) is 11.7. The van der Waals surface area contributed by atoms with Crippen molar-refractivity contribution in [2.75, 3.05) is 0 Å². The van der Waals surface area contributed by atoms with Crippen LogP contribution in [0.1, 0.15) is 55.5 Å². The van der Waals surface area contributed by atoms with Crippen molar-refractivity contribution in [3.05, 3.63) is 88.6 Å². The topological polar surface area (TPSA) is 3.88 Å². The zero-order valence-electron chi connectivity index (χ0n) is 20.7. The van der Waals surface area contributed by atoms with Gasteiger partial charge in [0.05, 0.1) is 0 Å². The predicted octanol–water partition coefficient (Wildman–Crippen LogP) is 7.49. The van der Waals surface area contributed by atoms with Crippen LogP contribution in [-0.4, -0.2) is 0 Å². The quantitative estimate of drug-likeness (QED) is 0.281. The van der Waals surface area contributed by atoms with Crippen LogP contribution in [0.25, 0.3) is 33.2 Å². The van der Waals surface area contributed by atoms with Gasteiger partial charge in [0.15, 0.2) is 6.20 Å². The Morgan fingerprint density at radius 2 is 1.28 bits per heavy atom. The maximum Gasteiger partial charge on any atom is 0.212 e. The van der Waals surface area contributed by atoms with Gasteiger partial charge < -0.3 is 0 Å². The van der Waals surface area contributed by atoms with E-state index in [0.29, 0.717) is 0 Å². The number of hydrogen-bond acceptors (Lipinski definition) is 0. The molecule has 0 saturated carbocycles. The number of nitrogens with zero attached hydrogens (tertiary/aromatic N) is 1. The predicted molar refractivity (Wildman–Crippen MR) is 136 cm³/mol. The molecule has 0 fully saturated rings. The third-order valence-electron chi connectivity index (χ3n) is 8.55. The summed E-state index contributed by atoms with van der Waals surface area (Å²) in [6.45, 7) is 16.4. The van der Waals surface area contributed by atoms with Crippen molar-refractivity contribution in [1.82, 2.24) is 0 Å². The first kappa shape index (κ1) is 20.9. The first-order chi connectivity index (χ1) is 15.0. The minimum Gasteiger partial charge on any atom is -0.201 e. The Labute approximate surface area is 192 Å². The van der Waals surface area contributed by atoms with Crippen LogP contribution in [0.5, 0.6) is 0 Å². The fraction of sp³-hybridized carbons (Fsp3) is 0.323. The van der Waals surface area contributed by atoms with Gasteiger partial charge in [0.1, 0.15) is 7.05 Å². The van der Waals surface area contributed by atoms with Crippen molar-refractivity contribution < 1.29 is 4.57 Å². The Balaban J connectivity index is 1.88. The molecular weight excluding hydrogens is 386 g/mol. The Morgan fingerprint density at radius 3 is 1.97 bits per heavy atom. The van der Waals surface area contributed by atoms with E-state index >= 15 is 0 Å². The Morgan fingerprint density at radius 1 is 0.656 bits per heavy atom. The molecule has 0 bridgehead atoms. The summed E-state index contributed by atoms with van der Waals surface area (Å²) in [6, 6.07) is 20.7. The second kappa shape index (κ2) is 6.78. The molecule has 0 radical (unpaired) electrons. The van der Waals surface area contributed by atoms with Crippen molar-refractivity contribution in [2.24, 2.45) is 7.05 Å². The van der Waals surface area contributed by atoms with Crippen molar-refractivity contribution in [3.8, 4) is 22.4 Å². The van der Waals surface area contributed by atoms with Crippen molar-refractivity contribution >= 4 is 10.8 Å². The number of pyridine rings is 1. The second-order valence-electron chi connectivity index (χ2n) is 10.8. The summed E-state index contributed by atoms with van der Waals surface area (Å²) in [5.41, 5.74) is 12.4. The van der Waals surface area contributed by atoms with Crippen LogP contribution < -0.4 is 4.57 Å². The number of benzene rings is 3. The van der Waals surface area contributed by atoms with Crippen LogP contribution in [0.2, 0.25) is 0 Å². The van der Waals surface area contributed by atoms with Crippen LogP contribution in [0.15, 0.2) is 60.8 Å². The minimum absolute atomic E-state index is 0.0203. The highest BCUT2D eigenvalue weighted by molar-refractivity contribution is 5.94. The lowest BCUT2D eigenvalue weighted by Gasteiger charge is -2.49. The van der Waals surface area contributed by atoms with E-state index in [4.69, 9.17) is 0 Å². The standard InChI is InChI=1S/C31H34N/c1-19-15-28(32(8)18-20(19)2)24-13-14-26-29(21(24)3)25-16-22-11-9-10-12-23(22)17-27(25)31(6,7)30(26,4)5/h9-18H,1-8H3/q+1. The lowest BCUT2D eigenvalue weighted by Crippen LogP contribution is -2.43. The van der Waals surface area contributed by atoms with E-state index < -0.39 is 0 Å². The molecule has 162 valence electrons. The fourth-order valence-electron chi connectivity index (χ4n) is 5.64. The Kier molecular flexibility index (Phi) is 4.44. The van der Waals surface area contributed by atoms with Crippen LogP contribution in [0, 0.1) is 20.8 Å². The van der Waals surface area contributed by atoms with Gasteiger partial charge in [-0.25, -0.2) is 4.57 Å². The SMILES string of the molecule is Cc1cc(-c2ccc3c(c2C)-c2cc4ccccc4cc2C(C)(C)C3(C)C)[n+](C)cc1C. The van der Waals surface area contributed by atoms with Gasteiger partial charge in [-0.15, -0.1) is 0 Å². The van der Waals surface area contributed by atoms with E-state index in [1.165, 1.54) is 61.0 Å². The molecule has 4 aromatic rings. The minimum atomic E-state index is 0.0203. The van der Waals surface area contributed by atoms with Gasteiger partial charge >= 0.3 is 0 Å². The van der Waals surface area contributed by atoms with Gasteiger partial charge in [0.2, 0.25) is 5.69 Å². The molecule has 1 heterocycles. The Hall–Kier alpha value is -2.93. The zero-order valence-corrected chi connectivity index (χ0v) is 20.7. The van der Waals surface area contributed by atoms with Gasteiger partial charge in [0, 0.05) is 17.2 Å². The van der Waals surface area contributed by atoms with E-state index in [1.807, 2.05) is 0 Å². The summed E-state index contributed by atoms with van der Waals surface area (Å²) >= 11 is 0. The summed E-state index contributed by atoms with van der Waals surface area (Å²) in [5, 5.41) is 2.64. The molecule has 0 spiro atoms. The average molecular weight is 421 g/mol. The van der Waals surface area contributed by atoms with Crippen LogP contribution in [-0.2, 0) is 17.9 Å². The third kappa shape index (κ3) is 2.73. The number of hydrogen-bond donors (Lipinski definition) is 0. The molecule has 1 nitrogen and oxygen atoms in total. The van der Waals surface area contributed by atoms with Gasteiger partial charge in [-0.1, -0.05) is 58.0 Å². The molecule has 0 N–H and O–H groups in total. The molecule has 0 aliphatic heterocycles. The van der Waals surface area contributed by atoms with E-state index in [0.717, 1.165) is 0 Å². The fourth-order valence-corrected chi connectivity index (χ4v) is 5.64. The molecule has 32 heavy (non-hydrogen) atoms. The maximum atomic E-state index is 2.44. The van der Waals surface area contributed by atoms with E-state index in [-0.39, 0.29) is 10.8 Å². The van der Waals surface area contributed by atoms with Crippen molar-refractivity contribution in [3.63, 3.8) is 0 Å². The largest absolute Gasteiger partial charge is 0.212 e. The molecule has 0 atom stereocenters. The summed E-state index contributed by atoms with van der Waals surface area (Å²) in [7, 11) is 2.16. The summed E-state index contributed by atoms with van der Waals surface area (Å²) in [4.78, 5) is 0. The molecule has 1 aromatic heterocycles. The van der Waals surface area contributed by atoms with E-state index in [9.17, 15) is 0 Å². The van der Waals surface area contributed by atoms with Crippen LogP contribution >= 0.6 is 0 Å². The molecule has 3 aromatic carbocycles. The molecule has 5 rings (SSSR count). The number of fused-ring (bicyclic) bond motifs is 4. The highest BCUT2D eigenvalue weighted by atomic mass is 14.9. The molecular formula is C31H34N+. The van der Waals surface area contributed by atoms with Gasteiger partial charge in [-0.3, -0.25) is 0 Å². The molecule has 1 aliphatic rings. The number of aryl methyl sites for hydroxylation is 3. The lowest BCUT2D eigenvalue weighted by molar-refractivity contribution is -0.660. The number of aromatic nitrogens is 1. The second-order valence-corrected chi connectivity index (χ2v) is 10.8. The average Bonchev–Trinajstić information content (AvgIpc) is 2.74. The number of rotatable bonds is 1. The van der Waals surface area contributed by atoms with E-state index in [1.54, 1.807) is 0 Å². The normalized spacial score (nSPS) is 16.0. The zero-order chi connectivity index (χ0) is 23.0. The molecule has 1 aliphatic carbocycles. The summed E-state index contributed by atoms with van der Waals surface area (Å²) < 4.78 is 2.27. The molecule has 0 saturated heterocycles. The smallest absolute Gasteiger partial charge is 0.201 e. The summed E-state index contributed by atoms with van der Waals surface area (Å²) in [5.74, 6) is 0. The molecule has 0 unspecified atom stereocenters. The van der Waals surface area contributed by atoms with Crippen LogP contribution in [0.4, 0.5) is 0 Å². The lowest BCUT2D eigenvalue weighted by atomic mass is 9.54. The van der Waals surface area contributed by atoms with E-state index in [2.05, 4.69) is 121 Å². The summed E-state index contributed by atoms with van der Waals surface area (Å²) in [6.07, 6.45) is 2.25. The van der Waals surface area contributed by atoms with Crippen LogP contribution in [0.3, 0.4) is 0 Å². The monoisotopic (exact) mass is 420 g/mol. The van der Waals surface area contributed by atoms with Gasteiger partial charge in [-0.2, -0.15) is 0 Å². The van der Waals surface area contributed by atoms with Crippen molar-refractivity contribution in [2.45, 2.75) is 59.3 Å². The third-order valence-corrected chi connectivity index (χ3v) is 8.55. The van der Waals surface area contributed by atoms with Gasteiger partial charge in [0.25, 0.3) is 0 Å². The van der Waals surface area contributed by atoms with Crippen molar-refractivity contribution in [1.29, 1.82) is 0 Å².